The molecule has 0 atom stereocenters. The highest BCUT2D eigenvalue weighted by Gasteiger charge is 2.51. The van der Waals surface area contributed by atoms with Crippen LogP contribution in [0.1, 0.15) is 104 Å². The summed E-state index contributed by atoms with van der Waals surface area (Å²) in [6.45, 7) is 25.7. The molecule has 0 bridgehead atoms. The van der Waals surface area contributed by atoms with Gasteiger partial charge in [0.15, 0.2) is 0 Å². The molecule has 2 amide bonds. The Balaban J connectivity index is 0.000000210. The van der Waals surface area contributed by atoms with E-state index in [-0.39, 0.29) is 22.6 Å². The van der Waals surface area contributed by atoms with Crippen LogP contribution in [0.4, 0.5) is 11.6 Å². The highest BCUT2D eigenvalue weighted by Crippen LogP contribution is 2.38. The molecule has 12 heteroatoms. The van der Waals surface area contributed by atoms with Crippen LogP contribution in [0.5, 0.6) is 11.5 Å². The predicted octanol–water partition coefficient (Wildman–Crippen LogP) is 15.4. The summed E-state index contributed by atoms with van der Waals surface area (Å²) < 4.78 is 24.4. The van der Waals surface area contributed by atoms with E-state index in [0.717, 1.165) is 87.5 Å². The number of carbonyl (C=O) groups is 2. The van der Waals surface area contributed by atoms with Gasteiger partial charge in [0.1, 0.15) is 23.1 Å². The molecule has 0 unspecified atom stereocenters. The minimum absolute atomic E-state index is 0.0393. The fourth-order valence-corrected chi connectivity index (χ4v) is 9.99. The lowest BCUT2D eigenvalue weighted by Gasteiger charge is -2.32. The number of ether oxygens (including phenoxy) is 2. The Kier molecular flexibility index (Phi) is 17.1. The highest BCUT2D eigenvalue weighted by atomic mass is 79.9. The maximum absolute atomic E-state index is 13.8. The zero-order valence-electron chi connectivity index (χ0n) is 47.9. The van der Waals surface area contributed by atoms with Gasteiger partial charge in [-0.1, -0.05) is 136 Å². The van der Waals surface area contributed by atoms with Gasteiger partial charge in [-0.05, 0) is 168 Å². The van der Waals surface area contributed by atoms with Crippen LogP contribution < -0.4 is 24.7 Å². The van der Waals surface area contributed by atoms with E-state index in [1.54, 1.807) is 26.6 Å². The first-order chi connectivity index (χ1) is 36.8. The SMILES string of the molecule is COc1ccc(-c2ccc(CN(C(=O)CC(C)(C)C)c3nccc4cc(B5OC(C)(C)C(C)(C)O5)ccc34)cc2)cc1C.COc1ccc(-c2ccc(CN(C(=O)CC(C)(C)C)c3nccc4cc(Br)ccc34)cc2)cc1C. The lowest BCUT2D eigenvalue weighted by Crippen LogP contribution is -2.41. The number of carbonyl (C=O) groups excluding carboxylic acids is 2. The number of aromatic nitrogens is 2. The molecule has 0 saturated carbocycles. The first-order valence-electron chi connectivity index (χ1n) is 26.7. The smallest absolute Gasteiger partial charge is 0.494 e. The van der Waals surface area contributed by atoms with Gasteiger partial charge in [-0.15, -0.1) is 0 Å². The molecule has 10 nitrogen and oxygen atoms in total. The molecule has 3 heterocycles. The molecule has 0 radical (unpaired) electrons. The van der Waals surface area contributed by atoms with E-state index in [0.29, 0.717) is 37.6 Å². The van der Waals surface area contributed by atoms with Crippen molar-refractivity contribution in [3.05, 3.63) is 173 Å². The second-order valence-corrected chi connectivity index (χ2v) is 24.8. The van der Waals surface area contributed by atoms with E-state index < -0.39 is 18.3 Å². The minimum atomic E-state index is -0.461. The van der Waals surface area contributed by atoms with Gasteiger partial charge >= 0.3 is 7.12 Å². The quantitative estimate of drug-likeness (QED) is 0.105. The minimum Gasteiger partial charge on any atom is -0.496 e. The van der Waals surface area contributed by atoms with Crippen molar-refractivity contribution in [3.63, 3.8) is 0 Å². The fraction of sp³-hybridized carbons (Fsp3) is 0.333. The number of methoxy groups -OCH3 is 2. The normalized spacial score (nSPS) is 14.0. The number of fused-ring (bicyclic) bond motifs is 2. The van der Waals surface area contributed by atoms with Crippen molar-refractivity contribution in [2.45, 2.75) is 120 Å². The molecule has 2 aromatic heterocycles. The molecule has 0 N–H and O–H groups in total. The lowest BCUT2D eigenvalue weighted by atomic mass is 9.78. The number of pyridine rings is 2. The third-order valence-electron chi connectivity index (χ3n) is 14.5. The molecule has 0 aliphatic carbocycles. The van der Waals surface area contributed by atoms with Crippen LogP contribution in [-0.4, -0.2) is 54.3 Å². The Morgan fingerprint density at radius 3 is 1.33 bits per heavy atom. The first-order valence-corrected chi connectivity index (χ1v) is 27.5. The summed E-state index contributed by atoms with van der Waals surface area (Å²) in [5, 5.41) is 3.90. The zero-order valence-corrected chi connectivity index (χ0v) is 49.5. The van der Waals surface area contributed by atoms with Crippen molar-refractivity contribution >= 4 is 73.5 Å². The predicted molar refractivity (Wildman–Crippen MR) is 324 cm³/mol. The zero-order chi connectivity index (χ0) is 56.3. The van der Waals surface area contributed by atoms with Crippen molar-refractivity contribution in [1.29, 1.82) is 0 Å². The van der Waals surface area contributed by atoms with Crippen LogP contribution in [0.2, 0.25) is 0 Å². The standard InChI is InChI=1S/C36H43BN2O4.C30H31BrN2O2/c1-24-20-27(14-17-31(24)41-9)26-12-10-25(11-13-26)23-39(32(40)22-34(2,3)4)33-30-16-15-29(21-28(30)18-19-38-33)37-42-35(5,6)36(7,8)43-37;1-20-16-23(10-13-27(20)35-5)22-8-6-21(7-9-22)19-33(28(34)18-30(2,3)4)29-26-12-11-25(31)17-24(26)14-15-32-29/h10-21H,22-23H2,1-9H3;6-17H,18-19H2,1-5H3. The van der Waals surface area contributed by atoms with Crippen LogP contribution in [0.15, 0.2) is 150 Å². The van der Waals surface area contributed by atoms with Gasteiger partial charge in [-0.25, -0.2) is 9.97 Å². The molecule has 1 saturated heterocycles. The number of hydrogen-bond donors (Lipinski definition) is 0. The van der Waals surface area contributed by atoms with Crippen LogP contribution in [-0.2, 0) is 32.0 Å². The molecule has 404 valence electrons. The van der Waals surface area contributed by atoms with Crippen LogP contribution >= 0.6 is 15.9 Å². The number of amides is 2. The van der Waals surface area contributed by atoms with Gasteiger partial charge in [0.05, 0.1) is 38.5 Å². The summed E-state index contributed by atoms with van der Waals surface area (Å²) in [6, 6.07) is 45.3. The molecular formula is C66H74BBrN4O6. The maximum Gasteiger partial charge on any atom is 0.494 e. The van der Waals surface area contributed by atoms with E-state index in [2.05, 4.69) is 175 Å². The summed E-state index contributed by atoms with van der Waals surface area (Å²) >= 11 is 3.55. The van der Waals surface area contributed by atoms with Gasteiger partial charge in [-0.3, -0.25) is 19.4 Å². The van der Waals surface area contributed by atoms with E-state index in [1.807, 2.05) is 72.2 Å². The van der Waals surface area contributed by atoms with Crippen LogP contribution in [0.3, 0.4) is 0 Å². The van der Waals surface area contributed by atoms with Crippen molar-refractivity contribution in [1.82, 2.24) is 9.97 Å². The summed E-state index contributed by atoms with van der Waals surface area (Å²) in [7, 11) is 2.91. The summed E-state index contributed by atoms with van der Waals surface area (Å²) in [5.74, 6) is 3.21. The Morgan fingerprint density at radius 1 is 0.538 bits per heavy atom. The van der Waals surface area contributed by atoms with Crippen molar-refractivity contribution in [2.24, 2.45) is 10.8 Å². The van der Waals surface area contributed by atoms with Gasteiger partial charge in [0.2, 0.25) is 11.8 Å². The number of benzene rings is 6. The number of halogens is 1. The number of anilines is 2. The Morgan fingerprint density at radius 2 is 0.936 bits per heavy atom. The fourth-order valence-electron chi connectivity index (χ4n) is 9.62. The molecule has 9 rings (SSSR count). The second-order valence-electron chi connectivity index (χ2n) is 23.9. The first kappa shape index (κ1) is 57.3. The molecule has 6 aromatic carbocycles. The topological polar surface area (TPSA) is 103 Å². The number of aryl methyl sites for hydroxylation is 2. The van der Waals surface area contributed by atoms with Crippen molar-refractivity contribution in [2.75, 3.05) is 24.0 Å². The van der Waals surface area contributed by atoms with E-state index in [1.165, 1.54) is 0 Å². The summed E-state index contributed by atoms with van der Waals surface area (Å²) in [4.78, 5) is 40.4. The van der Waals surface area contributed by atoms with E-state index in [9.17, 15) is 9.59 Å². The number of rotatable bonds is 13. The highest BCUT2D eigenvalue weighted by molar-refractivity contribution is 9.10. The third kappa shape index (κ3) is 13.5. The molecule has 0 spiro atoms. The molecule has 1 aliphatic heterocycles. The average Bonchev–Trinajstić information content (AvgIpc) is 3.61. The van der Waals surface area contributed by atoms with Gasteiger partial charge in [-0.2, -0.15) is 0 Å². The van der Waals surface area contributed by atoms with Crippen molar-refractivity contribution in [3.8, 4) is 33.8 Å². The molecule has 1 fully saturated rings. The van der Waals surface area contributed by atoms with Crippen LogP contribution in [0, 0.1) is 24.7 Å². The van der Waals surface area contributed by atoms with Gasteiger partial charge in [0, 0.05) is 40.5 Å². The lowest BCUT2D eigenvalue weighted by molar-refractivity contribution is -0.121. The summed E-state index contributed by atoms with van der Waals surface area (Å²) in [6.07, 6.45) is 4.39. The van der Waals surface area contributed by atoms with Crippen LogP contribution in [0.25, 0.3) is 43.8 Å². The largest absolute Gasteiger partial charge is 0.496 e. The number of nitrogens with zero attached hydrogens (tertiary/aromatic N) is 4. The molecule has 78 heavy (non-hydrogen) atoms. The third-order valence-corrected chi connectivity index (χ3v) is 15.0. The number of hydrogen-bond acceptors (Lipinski definition) is 8. The van der Waals surface area contributed by atoms with E-state index >= 15 is 0 Å². The Hall–Kier alpha value is -6.86. The molecule has 1 aliphatic rings. The average molecular weight is 1110 g/mol. The Labute approximate surface area is 470 Å². The Bertz CT molecular complexity index is 3440. The monoisotopic (exact) mass is 1110 g/mol. The van der Waals surface area contributed by atoms with Gasteiger partial charge in [0.25, 0.3) is 0 Å². The second kappa shape index (κ2) is 23.2. The van der Waals surface area contributed by atoms with E-state index in [4.69, 9.17) is 23.8 Å². The maximum atomic E-state index is 13.8. The van der Waals surface area contributed by atoms with Gasteiger partial charge < -0.3 is 18.8 Å². The molecular weight excluding hydrogens is 1040 g/mol. The van der Waals surface area contributed by atoms with Crippen molar-refractivity contribution < 1.29 is 28.4 Å². The summed E-state index contributed by atoms with van der Waals surface area (Å²) in [5.41, 5.74) is 8.58. The molecule has 8 aromatic rings.